The van der Waals surface area contributed by atoms with Gasteiger partial charge in [-0.25, -0.2) is 17.9 Å². The van der Waals surface area contributed by atoms with Crippen molar-refractivity contribution in [2.24, 2.45) is 0 Å². The lowest BCUT2D eigenvalue weighted by molar-refractivity contribution is 0.165. The standard InChI is InChI=1S/C17H21NO4S/c1-14-9-11-16(12-10-14)23(20,21)18-17(19)22-13-5-8-15-6-3-2-4-7-15/h5-6,8-12H,2-4,7,13H2,1H3,(H,18,19)/b8-5+. The van der Waals surface area contributed by atoms with Crippen LogP contribution < -0.4 is 4.72 Å². The Labute approximate surface area is 137 Å². The number of allylic oxidation sites excluding steroid dienone is 3. The molecule has 124 valence electrons. The van der Waals surface area contributed by atoms with Crippen LogP contribution in [0.25, 0.3) is 0 Å². The van der Waals surface area contributed by atoms with Crippen molar-refractivity contribution in [3.05, 3.63) is 53.6 Å². The van der Waals surface area contributed by atoms with Gasteiger partial charge in [0.05, 0.1) is 4.90 Å². The van der Waals surface area contributed by atoms with Gasteiger partial charge in [-0.3, -0.25) is 0 Å². The molecule has 0 saturated carbocycles. The summed E-state index contributed by atoms with van der Waals surface area (Å²) in [4.78, 5) is 11.6. The predicted molar refractivity (Wildman–Crippen MR) is 88.5 cm³/mol. The summed E-state index contributed by atoms with van der Waals surface area (Å²) in [6.07, 6.45) is 9.32. The Morgan fingerprint density at radius 3 is 2.65 bits per heavy atom. The average molecular weight is 335 g/mol. The third-order valence-electron chi connectivity index (χ3n) is 3.52. The molecule has 0 radical (unpaired) electrons. The molecule has 6 heteroatoms. The highest BCUT2D eigenvalue weighted by Crippen LogP contribution is 2.17. The quantitative estimate of drug-likeness (QED) is 0.894. The van der Waals surface area contributed by atoms with E-state index in [0.717, 1.165) is 18.4 Å². The van der Waals surface area contributed by atoms with Gasteiger partial charge in [-0.2, -0.15) is 0 Å². The monoisotopic (exact) mass is 335 g/mol. The highest BCUT2D eigenvalue weighted by Gasteiger charge is 2.17. The van der Waals surface area contributed by atoms with Gasteiger partial charge in [0.1, 0.15) is 6.61 Å². The largest absolute Gasteiger partial charge is 0.445 e. The molecule has 23 heavy (non-hydrogen) atoms. The molecular formula is C17H21NO4S. The van der Waals surface area contributed by atoms with Crippen molar-refractivity contribution < 1.29 is 17.9 Å². The molecule has 1 aromatic carbocycles. The normalized spacial score (nSPS) is 15.3. The number of hydrogen-bond donors (Lipinski definition) is 1. The van der Waals surface area contributed by atoms with Gasteiger partial charge >= 0.3 is 6.09 Å². The fourth-order valence-corrected chi connectivity index (χ4v) is 3.14. The van der Waals surface area contributed by atoms with E-state index in [-0.39, 0.29) is 11.5 Å². The first-order chi connectivity index (χ1) is 11.0. The van der Waals surface area contributed by atoms with Crippen LogP contribution in [0.2, 0.25) is 0 Å². The van der Waals surface area contributed by atoms with Gasteiger partial charge in [-0.05, 0) is 50.8 Å². The van der Waals surface area contributed by atoms with Crippen molar-refractivity contribution in [2.45, 2.75) is 37.5 Å². The maximum atomic E-state index is 12.0. The van der Waals surface area contributed by atoms with Gasteiger partial charge in [0.2, 0.25) is 0 Å². The summed E-state index contributed by atoms with van der Waals surface area (Å²) in [6, 6.07) is 6.22. The number of rotatable bonds is 5. The van der Waals surface area contributed by atoms with Gasteiger partial charge in [-0.15, -0.1) is 0 Å². The second-order valence-electron chi connectivity index (χ2n) is 5.44. The molecule has 1 aliphatic carbocycles. The lowest BCUT2D eigenvalue weighted by Gasteiger charge is -2.09. The number of benzene rings is 1. The number of ether oxygens (including phenoxy) is 1. The highest BCUT2D eigenvalue weighted by molar-refractivity contribution is 7.90. The molecule has 0 fully saturated rings. The summed E-state index contributed by atoms with van der Waals surface area (Å²) < 4.78 is 30.8. The Bertz CT molecular complexity index is 703. The SMILES string of the molecule is Cc1ccc(S(=O)(=O)NC(=O)OC/C=C/C2=CCCCC2)cc1. The molecule has 0 aromatic heterocycles. The summed E-state index contributed by atoms with van der Waals surface area (Å²) in [6.45, 7) is 1.89. The molecule has 0 aliphatic heterocycles. The second-order valence-corrected chi connectivity index (χ2v) is 7.13. The van der Waals surface area contributed by atoms with Crippen molar-refractivity contribution >= 4 is 16.1 Å². The van der Waals surface area contributed by atoms with Crippen LogP contribution in [0.3, 0.4) is 0 Å². The van der Waals surface area contributed by atoms with E-state index in [1.165, 1.54) is 30.5 Å². The molecule has 1 N–H and O–H groups in total. The molecule has 1 aliphatic rings. The van der Waals surface area contributed by atoms with E-state index in [9.17, 15) is 13.2 Å². The maximum Gasteiger partial charge on any atom is 0.421 e. The zero-order valence-corrected chi connectivity index (χ0v) is 13.9. The topological polar surface area (TPSA) is 72.5 Å². The average Bonchev–Trinajstić information content (AvgIpc) is 2.52. The number of aryl methyl sites for hydroxylation is 1. The first kappa shape index (κ1) is 17.3. The lowest BCUT2D eigenvalue weighted by Crippen LogP contribution is -2.31. The van der Waals surface area contributed by atoms with Crippen LogP contribution in [0.15, 0.2) is 53.0 Å². The Balaban J connectivity index is 1.83. The zero-order valence-electron chi connectivity index (χ0n) is 13.1. The van der Waals surface area contributed by atoms with E-state index in [4.69, 9.17) is 4.74 Å². The lowest BCUT2D eigenvalue weighted by atomic mass is 9.99. The van der Waals surface area contributed by atoms with E-state index in [1.54, 1.807) is 18.2 Å². The first-order valence-corrected chi connectivity index (χ1v) is 9.07. The summed E-state index contributed by atoms with van der Waals surface area (Å²) in [5.41, 5.74) is 2.17. The van der Waals surface area contributed by atoms with Crippen LogP contribution in [0.4, 0.5) is 4.79 Å². The van der Waals surface area contributed by atoms with Gasteiger partial charge in [0.15, 0.2) is 0 Å². The highest BCUT2D eigenvalue weighted by atomic mass is 32.2. The molecule has 0 spiro atoms. The van der Waals surface area contributed by atoms with Gasteiger partial charge < -0.3 is 4.74 Å². The molecule has 1 amide bonds. The Kier molecular flexibility index (Phi) is 5.98. The fourth-order valence-electron chi connectivity index (χ4n) is 2.25. The second kappa shape index (κ2) is 7.97. The number of amides is 1. The van der Waals surface area contributed by atoms with Crippen molar-refractivity contribution in [1.82, 2.24) is 4.72 Å². The molecule has 1 aromatic rings. The number of carbonyl (C=O) groups is 1. The molecular weight excluding hydrogens is 314 g/mol. The minimum absolute atomic E-state index is 0.0305. The molecule has 0 atom stereocenters. The Hall–Kier alpha value is -2.08. The first-order valence-electron chi connectivity index (χ1n) is 7.59. The van der Waals surface area contributed by atoms with E-state index in [2.05, 4.69) is 6.08 Å². The Morgan fingerprint density at radius 2 is 2.00 bits per heavy atom. The minimum Gasteiger partial charge on any atom is -0.445 e. The molecule has 0 unspecified atom stereocenters. The van der Waals surface area contributed by atoms with Crippen molar-refractivity contribution in [1.29, 1.82) is 0 Å². The minimum atomic E-state index is -3.89. The third kappa shape index (κ3) is 5.56. The summed E-state index contributed by atoms with van der Waals surface area (Å²) in [5, 5.41) is 0. The van der Waals surface area contributed by atoms with E-state index in [1.807, 2.05) is 17.7 Å². The number of hydrogen-bond acceptors (Lipinski definition) is 4. The van der Waals surface area contributed by atoms with Crippen LogP contribution in [0.5, 0.6) is 0 Å². The van der Waals surface area contributed by atoms with Crippen molar-refractivity contribution in [3.63, 3.8) is 0 Å². The number of sulfonamides is 1. The van der Waals surface area contributed by atoms with E-state index >= 15 is 0 Å². The van der Waals surface area contributed by atoms with Crippen LogP contribution in [-0.2, 0) is 14.8 Å². The third-order valence-corrected chi connectivity index (χ3v) is 4.85. The molecule has 5 nitrogen and oxygen atoms in total. The van der Waals surface area contributed by atoms with Gasteiger partial charge in [-0.1, -0.05) is 35.4 Å². The summed E-state index contributed by atoms with van der Waals surface area (Å²) in [7, 11) is -3.89. The maximum absolute atomic E-state index is 12.0. The van der Waals surface area contributed by atoms with Crippen LogP contribution >= 0.6 is 0 Å². The van der Waals surface area contributed by atoms with E-state index < -0.39 is 16.1 Å². The van der Waals surface area contributed by atoms with Gasteiger partial charge in [0.25, 0.3) is 10.0 Å². The van der Waals surface area contributed by atoms with Crippen molar-refractivity contribution in [3.8, 4) is 0 Å². The zero-order chi connectivity index (χ0) is 16.7. The van der Waals surface area contributed by atoms with Crippen molar-refractivity contribution in [2.75, 3.05) is 6.61 Å². The van der Waals surface area contributed by atoms with Crippen LogP contribution in [0.1, 0.15) is 31.2 Å². The Morgan fingerprint density at radius 1 is 1.26 bits per heavy atom. The molecule has 0 heterocycles. The summed E-state index contributed by atoms with van der Waals surface area (Å²) in [5.74, 6) is 0. The molecule has 2 rings (SSSR count). The number of nitrogens with one attached hydrogen (secondary N) is 1. The van der Waals surface area contributed by atoms with E-state index in [0.29, 0.717) is 0 Å². The molecule has 0 bridgehead atoms. The molecule has 0 saturated heterocycles. The predicted octanol–water partition coefficient (Wildman–Crippen LogP) is 3.47. The van der Waals surface area contributed by atoms with Gasteiger partial charge in [0, 0.05) is 0 Å². The smallest absolute Gasteiger partial charge is 0.421 e. The van der Waals surface area contributed by atoms with Crippen LogP contribution in [0, 0.1) is 6.92 Å². The summed E-state index contributed by atoms with van der Waals surface area (Å²) >= 11 is 0. The van der Waals surface area contributed by atoms with Crippen LogP contribution in [-0.4, -0.2) is 21.1 Å². The fraction of sp³-hybridized carbons (Fsp3) is 0.353. The number of carbonyl (C=O) groups excluding carboxylic acids is 1.